The SMILES string of the molecule is CC1(C)c2ccccc2-c2c1ccc1c2c2ccccc2n1-c1cccc(-c2nc(-c3ccccc3)nc(-c3ccc4c(c3)C3(c5ccccc5Oc5ccccc53)c3ccccc3-4)n2)c1. The summed E-state index contributed by atoms with van der Waals surface area (Å²) >= 11 is 0. The zero-order valence-corrected chi connectivity index (χ0v) is 36.3. The van der Waals surface area contributed by atoms with Gasteiger partial charge >= 0.3 is 0 Å². The van der Waals surface area contributed by atoms with Crippen molar-refractivity contribution in [2.75, 3.05) is 0 Å². The van der Waals surface area contributed by atoms with Crippen LogP contribution in [-0.4, -0.2) is 19.5 Å². The number of benzene rings is 9. The Morgan fingerprint density at radius 2 is 0.970 bits per heavy atom. The van der Waals surface area contributed by atoms with E-state index in [4.69, 9.17) is 19.7 Å². The largest absolute Gasteiger partial charge is 0.457 e. The molecule has 0 amide bonds. The molecular weight excluding hydrogens is 805 g/mol. The number of rotatable bonds is 4. The number of fused-ring (bicyclic) bond motifs is 16. The van der Waals surface area contributed by atoms with Crippen molar-refractivity contribution in [2.45, 2.75) is 24.7 Å². The molecule has 0 fully saturated rings. The third-order valence-electron chi connectivity index (χ3n) is 14.5. The number of nitrogens with zero attached hydrogens (tertiary/aromatic N) is 4. The summed E-state index contributed by atoms with van der Waals surface area (Å²) in [6.07, 6.45) is 0. The Morgan fingerprint density at radius 3 is 1.73 bits per heavy atom. The first-order chi connectivity index (χ1) is 32.5. The molecule has 1 spiro atoms. The van der Waals surface area contributed by atoms with Crippen LogP contribution in [0.25, 0.3) is 83.9 Å². The number of aromatic nitrogens is 4. The molecule has 2 aliphatic carbocycles. The molecule has 3 aliphatic rings. The lowest BCUT2D eigenvalue weighted by molar-refractivity contribution is 0.436. The highest BCUT2D eigenvalue weighted by Gasteiger charge is 2.51. The summed E-state index contributed by atoms with van der Waals surface area (Å²) in [5, 5.41) is 2.52. The molecular formula is C61H40N4O. The molecule has 0 atom stereocenters. The monoisotopic (exact) mass is 844 g/mol. The molecule has 0 N–H and O–H groups in total. The van der Waals surface area contributed by atoms with Crippen LogP contribution in [0.3, 0.4) is 0 Å². The lowest BCUT2D eigenvalue weighted by atomic mass is 9.66. The Kier molecular flexibility index (Phi) is 7.60. The Hall–Kier alpha value is -8.41. The van der Waals surface area contributed by atoms with Gasteiger partial charge in [0.05, 0.1) is 16.4 Å². The second-order valence-electron chi connectivity index (χ2n) is 18.3. The van der Waals surface area contributed by atoms with E-state index >= 15 is 0 Å². The van der Waals surface area contributed by atoms with E-state index in [9.17, 15) is 0 Å². The Labute approximate surface area is 382 Å². The smallest absolute Gasteiger partial charge is 0.164 e. The van der Waals surface area contributed by atoms with Gasteiger partial charge in [-0.05, 0) is 87.0 Å². The van der Waals surface area contributed by atoms with Crippen molar-refractivity contribution in [3.8, 4) is 73.6 Å². The van der Waals surface area contributed by atoms with Gasteiger partial charge in [-0.15, -0.1) is 0 Å². The highest BCUT2D eigenvalue weighted by molar-refractivity contribution is 6.18. The van der Waals surface area contributed by atoms with Crippen molar-refractivity contribution in [3.63, 3.8) is 0 Å². The van der Waals surface area contributed by atoms with E-state index in [2.05, 4.69) is 206 Å². The van der Waals surface area contributed by atoms with Crippen molar-refractivity contribution in [2.24, 2.45) is 0 Å². The van der Waals surface area contributed by atoms with Gasteiger partial charge in [0.15, 0.2) is 17.5 Å². The Bertz CT molecular complexity index is 3800. The van der Waals surface area contributed by atoms with E-state index in [1.807, 2.05) is 18.2 Å². The molecule has 310 valence electrons. The zero-order valence-electron chi connectivity index (χ0n) is 36.3. The maximum Gasteiger partial charge on any atom is 0.164 e. The summed E-state index contributed by atoms with van der Waals surface area (Å²) in [5.74, 6) is 3.56. The Balaban J connectivity index is 0.972. The summed E-state index contributed by atoms with van der Waals surface area (Å²) in [6, 6.07) is 73.8. The van der Waals surface area contributed by atoms with Gasteiger partial charge in [-0.1, -0.05) is 178 Å². The maximum absolute atomic E-state index is 6.63. The minimum atomic E-state index is -0.611. The molecule has 11 aromatic rings. The van der Waals surface area contributed by atoms with E-state index in [0.29, 0.717) is 17.5 Å². The summed E-state index contributed by atoms with van der Waals surface area (Å²) in [5.41, 5.74) is 17.9. The summed E-state index contributed by atoms with van der Waals surface area (Å²) in [4.78, 5) is 15.9. The maximum atomic E-state index is 6.63. The predicted molar refractivity (Wildman–Crippen MR) is 265 cm³/mol. The lowest BCUT2D eigenvalue weighted by Gasteiger charge is -2.39. The molecule has 0 radical (unpaired) electrons. The van der Waals surface area contributed by atoms with E-state index < -0.39 is 5.41 Å². The number of ether oxygens (including phenoxy) is 1. The van der Waals surface area contributed by atoms with Crippen LogP contribution in [0, 0.1) is 0 Å². The average molecular weight is 845 g/mol. The fourth-order valence-corrected chi connectivity index (χ4v) is 11.7. The average Bonchev–Trinajstić information content (AvgIpc) is 3.95. The first kappa shape index (κ1) is 37.0. The molecule has 0 saturated carbocycles. The van der Waals surface area contributed by atoms with Gasteiger partial charge in [0.2, 0.25) is 0 Å². The molecule has 0 bridgehead atoms. The van der Waals surface area contributed by atoms with Crippen molar-refractivity contribution < 1.29 is 4.74 Å². The van der Waals surface area contributed by atoms with Crippen LogP contribution in [0.4, 0.5) is 0 Å². The number of para-hydroxylation sites is 3. The van der Waals surface area contributed by atoms with E-state index in [-0.39, 0.29) is 5.41 Å². The first-order valence-electron chi connectivity index (χ1n) is 22.7. The van der Waals surface area contributed by atoms with Crippen LogP contribution in [0.5, 0.6) is 11.5 Å². The third kappa shape index (κ3) is 4.97. The molecule has 3 heterocycles. The zero-order chi connectivity index (χ0) is 43.7. The van der Waals surface area contributed by atoms with E-state index in [1.54, 1.807) is 0 Å². The molecule has 0 saturated heterocycles. The third-order valence-corrected chi connectivity index (χ3v) is 14.5. The number of hydrogen-bond donors (Lipinski definition) is 0. The van der Waals surface area contributed by atoms with Crippen LogP contribution in [0.15, 0.2) is 206 Å². The van der Waals surface area contributed by atoms with Crippen LogP contribution >= 0.6 is 0 Å². The number of hydrogen-bond acceptors (Lipinski definition) is 4. The molecule has 1 aliphatic heterocycles. The summed E-state index contributed by atoms with van der Waals surface area (Å²) < 4.78 is 9.04. The van der Waals surface area contributed by atoms with Crippen molar-refractivity contribution in [1.29, 1.82) is 0 Å². The van der Waals surface area contributed by atoms with Crippen LogP contribution in [0.1, 0.15) is 47.2 Å². The molecule has 0 unspecified atom stereocenters. The van der Waals surface area contributed by atoms with Gasteiger partial charge in [-0.25, -0.2) is 15.0 Å². The van der Waals surface area contributed by atoms with Gasteiger partial charge in [0.25, 0.3) is 0 Å². The topological polar surface area (TPSA) is 52.8 Å². The second kappa shape index (κ2) is 13.6. The first-order valence-corrected chi connectivity index (χ1v) is 22.7. The molecule has 5 heteroatoms. The molecule has 66 heavy (non-hydrogen) atoms. The lowest BCUT2D eigenvalue weighted by Crippen LogP contribution is -2.32. The highest BCUT2D eigenvalue weighted by Crippen LogP contribution is 2.62. The standard InChI is InChI=1S/C61H40N4O/c1-60(2)45-24-9-7-22-43(45)55-49(60)33-34-52-56(55)44-23-8-13-28-51(44)65(52)40-20-16-19-38(35-40)58-62-57(37-17-4-3-5-18-37)63-59(64-58)39-31-32-42-41-21-6-10-25-46(41)61(50(42)36-39)47-26-11-14-29-53(47)66-54-30-15-12-27-48(54)61/h3-36H,1-2H3. The summed E-state index contributed by atoms with van der Waals surface area (Å²) in [7, 11) is 0. The molecule has 14 rings (SSSR count). The van der Waals surface area contributed by atoms with Crippen molar-refractivity contribution in [1.82, 2.24) is 19.5 Å². The molecule has 9 aromatic carbocycles. The quantitative estimate of drug-likeness (QED) is 0.177. The van der Waals surface area contributed by atoms with Gasteiger partial charge in [-0.3, -0.25) is 0 Å². The fourth-order valence-electron chi connectivity index (χ4n) is 11.7. The second-order valence-corrected chi connectivity index (χ2v) is 18.3. The molecule has 2 aromatic heterocycles. The highest BCUT2D eigenvalue weighted by atomic mass is 16.5. The minimum absolute atomic E-state index is 0.0979. The van der Waals surface area contributed by atoms with E-state index in [1.165, 1.54) is 60.8 Å². The predicted octanol–water partition coefficient (Wildman–Crippen LogP) is 14.7. The minimum Gasteiger partial charge on any atom is -0.457 e. The normalized spacial score (nSPS) is 14.3. The Morgan fingerprint density at radius 1 is 0.394 bits per heavy atom. The fraction of sp³-hybridized carbons (Fsp3) is 0.0656. The van der Waals surface area contributed by atoms with Gasteiger partial charge in [0.1, 0.15) is 11.5 Å². The van der Waals surface area contributed by atoms with Crippen molar-refractivity contribution in [3.05, 3.63) is 240 Å². The van der Waals surface area contributed by atoms with Crippen LogP contribution in [-0.2, 0) is 10.8 Å². The van der Waals surface area contributed by atoms with Gasteiger partial charge in [-0.2, -0.15) is 0 Å². The van der Waals surface area contributed by atoms with Crippen molar-refractivity contribution >= 4 is 21.8 Å². The summed E-state index contributed by atoms with van der Waals surface area (Å²) in [6.45, 7) is 4.70. The van der Waals surface area contributed by atoms with E-state index in [0.717, 1.165) is 50.5 Å². The molecule has 5 nitrogen and oxygen atoms in total. The van der Waals surface area contributed by atoms with Crippen LogP contribution < -0.4 is 4.74 Å². The van der Waals surface area contributed by atoms with Crippen LogP contribution in [0.2, 0.25) is 0 Å². The van der Waals surface area contributed by atoms with Gasteiger partial charge < -0.3 is 9.30 Å². The van der Waals surface area contributed by atoms with Gasteiger partial charge in [0, 0.05) is 49.7 Å².